The number of aldehydes is 1. The molecule has 5 nitrogen and oxygen atoms in total. The molecule has 2 unspecified atom stereocenters. The Morgan fingerprint density at radius 2 is 2.29 bits per heavy atom. The summed E-state index contributed by atoms with van der Waals surface area (Å²) >= 11 is 0. The van der Waals surface area contributed by atoms with Crippen molar-refractivity contribution >= 4 is 12.3 Å². The van der Waals surface area contributed by atoms with Crippen molar-refractivity contribution in [1.29, 1.82) is 0 Å². The molecule has 0 saturated carbocycles. The van der Waals surface area contributed by atoms with Gasteiger partial charge in [-0.2, -0.15) is 0 Å². The Labute approximate surface area is 83.7 Å². The number of hydrogen-bond donors (Lipinski definition) is 3. The van der Waals surface area contributed by atoms with Crippen molar-refractivity contribution in [1.82, 2.24) is 10.6 Å². The topological polar surface area (TPSA) is 84.2 Å². The molecule has 0 rings (SSSR count). The van der Waals surface area contributed by atoms with E-state index in [1.54, 1.807) is 13.0 Å². The Kier molecular flexibility index (Phi) is 4.86. The first-order valence-corrected chi connectivity index (χ1v) is 4.35. The van der Waals surface area contributed by atoms with Crippen molar-refractivity contribution in [3.05, 3.63) is 12.7 Å². The van der Waals surface area contributed by atoms with Gasteiger partial charge in [0.2, 0.25) is 0 Å². The predicted octanol–water partition coefficient (Wildman–Crippen LogP) is -0.366. The molecule has 0 aromatic carbocycles. The summed E-state index contributed by atoms with van der Waals surface area (Å²) in [5.74, 6) is -0.220. The molecule has 0 heterocycles. The maximum absolute atomic E-state index is 11.1. The van der Waals surface area contributed by atoms with Gasteiger partial charge in [0, 0.05) is 19.5 Å². The number of nitrogens with one attached hydrogen (secondary N) is 2. The third kappa shape index (κ3) is 2.56. The summed E-state index contributed by atoms with van der Waals surface area (Å²) in [6.07, 6.45) is 2.23. The fraction of sp³-hybridized carbons (Fsp3) is 0.556. The number of amides is 2. The molecule has 0 bridgehead atoms. The Balaban J connectivity index is 4.77. The van der Waals surface area contributed by atoms with E-state index in [-0.39, 0.29) is 12.5 Å². The van der Waals surface area contributed by atoms with Crippen LogP contribution in [0.3, 0.4) is 0 Å². The maximum Gasteiger partial charge on any atom is 0.315 e. The summed E-state index contributed by atoms with van der Waals surface area (Å²) in [6, 6.07) is -0.434. The summed E-state index contributed by atoms with van der Waals surface area (Å²) in [5.41, 5.74) is 4.41. The van der Waals surface area contributed by atoms with Crippen LogP contribution in [0.2, 0.25) is 0 Å². The van der Waals surface area contributed by atoms with Crippen LogP contribution in [0.25, 0.3) is 0 Å². The van der Waals surface area contributed by atoms with E-state index in [0.717, 1.165) is 0 Å². The van der Waals surface area contributed by atoms with Gasteiger partial charge in [-0.05, 0) is 0 Å². The highest BCUT2D eigenvalue weighted by molar-refractivity contribution is 5.80. The Hall–Kier alpha value is -1.36. The van der Waals surface area contributed by atoms with Crippen LogP contribution in [0.1, 0.15) is 6.92 Å². The van der Waals surface area contributed by atoms with Crippen molar-refractivity contribution in [3.8, 4) is 0 Å². The molecule has 2 atom stereocenters. The van der Waals surface area contributed by atoms with Crippen molar-refractivity contribution in [2.75, 3.05) is 13.6 Å². The van der Waals surface area contributed by atoms with Crippen LogP contribution in [0.5, 0.6) is 0 Å². The zero-order chi connectivity index (χ0) is 11.2. The highest BCUT2D eigenvalue weighted by atomic mass is 16.2. The monoisotopic (exact) mass is 199 g/mol. The average molecular weight is 199 g/mol. The third-order valence-electron chi connectivity index (χ3n) is 2.29. The van der Waals surface area contributed by atoms with Crippen LogP contribution >= 0.6 is 0 Å². The van der Waals surface area contributed by atoms with E-state index in [2.05, 4.69) is 17.2 Å². The van der Waals surface area contributed by atoms with Crippen LogP contribution in [-0.2, 0) is 4.79 Å². The molecule has 0 saturated heterocycles. The number of carbonyl (C=O) groups is 2. The van der Waals surface area contributed by atoms with Crippen molar-refractivity contribution in [2.45, 2.75) is 12.5 Å². The molecular formula is C9H17N3O2. The second kappa shape index (κ2) is 5.39. The number of nitrogens with two attached hydrogens (primary N) is 1. The summed E-state index contributed by atoms with van der Waals surface area (Å²) in [7, 11) is 1.47. The van der Waals surface area contributed by atoms with Gasteiger partial charge in [-0.25, -0.2) is 4.79 Å². The Morgan fingerprint density at radius 3 is 2.57 bits per heavy atom. The molecule has 2 amide bonds. The third-order valence-corrected chi connectivity index (χ3v) is 2.29. The van der Waals surface area contributed by atoms with Crippen molar-refractivity contribution in [3.63, 3.8) is 0 Å². The van der Waals surface area contributed by atoms with Crippen LogP contribution in [-0.4, -0.2) is 31.4 Å². The lowest BCUT2D eigenvalue weighted by molar-refractivity contribution is -0.113. The second-order valence-corrected chi connectivity index (χ2v) is 3.09. The van der Waals surface area contributed by atoms with Gasteiger partial charge in [0.15, 0.2) is 0 Å². The number of carbonyl (C=O) groups excluding carboxylic acids is 2. The summed E-state index contributed by atoms with van der Waals surface area (Å²) in [4.78, 5) is 22.0. The van der Waals surface area contributed by atoms with Crippen LogP contribution in [0.15, 0.2) is 12.7 Å². The van der Waals surface area contributed by atoms with E-state index in [0.29, 0.717) is 6.29 Å². The van der Waals surface area contributed by atoms with Gasteiger partial charge in [0.25, 0.3) is 0 Å². The lowest BCUT2D eigenvalue weighted by Crippen LogP contribution is -2.60. The fourth-order valence-corrected chi connectivity index (χ4v) is 1.02. The normalized spacial score (nSPS) is 16.2. The van der Waals surface area contributed by atoms with Gasteiger partial charge < -0.3 is 21.2 Å². The Morgan fingerprint density at radius 1 is 1.71 bits per heavy atom. The molecule has 0 aliphatic carbocycles. The summed E-state index contributed by atoms with van der Waals surface area (Å²) in [5, 5.41) is 4.88. The van der Waals surface area contributed by atoms with E-state index >= 15 is 0 Å². The maximum atomic E-state index is 11.1. The molecule has 0 radical (unpaired) electrons. The minimum atomic E-state index is -1.07. The van der Waals surface area contributed by atoms with Gasteiger partial charge in [-0.1, -0.05) is 13.0 Å². The van der Waals surface area contributed by atoms with Gasteiger partial charge in [0.05, 0.1) is 0 Å². The first-order valence-electron chi connectivity index (χ1n) is 4.35. The number of urea groups is 1. The highest BCUT2D eigenvalue weighted by Gasteiger charge is 2.34. The number of hydrogen-bond acceptors (Lipinski definition) is 3. The largest absolute Gasteiger partial charge is 0.341 e. The SMILES string of the molecule is C=CC(C)C(C=O)(CN)NC(=O)NC. The lowest BCUT2D eigenvalue weighted by Gasteiger charge is -2.31. The second-order valence-electron chi connectivity index (χ2n) is 3.09. The minimum absolute atomic E-state index is 0.0388. The van der Waals surface area contributed by atoms with E-state index < -0.39 is 11.6 Å². The quantitative estimate of drug-likeness (QED) is 0.417. The summed E-state index contributed by atoms with van der Waals surface area (Å²) < 4.78 is 0. The van der Waals surface area contributed by atoms with Gasteiger partial charge in [-0.15, -0.1) is 6.58 Å². The fourth-order valence-electron chi connectivity index (χ4n) is 1.02. The molecule has 5 heteroatoms. The van der Waals surface area contributed by atoms with Crippen LogP contribution < -0.4 is 16.4 Å². The van der Waals surface area contributed by atoms with Gasteiger partial charge in [0.1, 0.15) is 11.8 Å². The molecule has 0 aliphatic heterocycles. The zero-order valence-electron chi connectivity index (χ0n) is 8.54. The van der Waals surface area contributed by atoms with Gasteiger partial charge >= 0.3 is 6.03 Å². The standard InChI is InChI=1S/C9H17N3O2/c1-4-7(2)9(5-10,6-13)12-8(14)11-3/h4,6-7H,1,5,10H2,2-3H3,(H2,11,12,14). The van der Waals surface area contributed by atoms with E-state index in [9.17, 15) is 9.59 Å². The van der Waals surface area contributed by atoms with Gasteiger partial charge in [-0.3, -0.25) is 0 Å². The highest BCUT2D eigenvalue weighted by Crippen LogP contribution is 2.14. The van der Waals surface area contributed by atoms with Crippen LogP contribution in [0.4, 0.5) is 4.79 Å². The smallest absolute Gasteiger partial charge is 0.315 e. The molecule has 4 N–H and O–H groups in total. The molecule has 0 aromatic heterocycles. The molecule has 0 spiro atoms. The predicted molar refractivity (Wildman–Crippen MR) is 54.8 cm³/mol. The molecule has 80 valence electrons. The average Bonchev–Trinajstić information content (AvgIpc) is 2.24. The first kappa shape index (κ1) is 12.6. The lowest BCUT2D eigenvalue weighted by atomic mass is 9.86. The zero-order valence-corrected chi connectivity index (χ0v) is 8.54. The van der Waals surface area contributed by atoms with E-state index in [1.807, 2.05) is 0 Å². The van der Waals surface area contributed by atoms with E-state index in [4.69, 9.17) is 5.73 Å². The van der Waals surface area contributed by atoms with E-state index in [1.165, 1.54) is 7.05 Å². The number of rotatable bonds is 5. The minimum Gasteiger partial charge on any atom is -0.341 e. The molecule has 0 fully saturated rings. The molecule has 0 aliphatic rings. The molecule has 0 aromatic rings. The van der Waals surface area contributed by atoms with Crippen molar-refractivity contribution in [2.24, 2.45) is 11.7 Å². The summed E-state index contributed by atoms with van der Waals surface area (Å²) in [6.45, 7) is 5.38. The Bertz CT molecular complexity index is 230. The van der Waals surface area contributed by atoms with Crippen LogP contribution in [0, 0.1) is 5.92 Å². The molecule has 14 heavy (non-hydrogen) atoms. The van der Waals surface area contributed by atoms with Crippen molar-refractivity contribution < 1.29 is 9.59 Å². The first-order chi connectivity index (χ1) is 6.56. The molecular weight excluding hydrogens is 182 g/mol.